The van der Waals surface area contributed by atoms with Crippen molar-refractivity contribution >= 4 is 23.7 Å². The zero-order valence-corrected chi connectivity index (χ0v) is 11.6. The maximum absolute atomic E-state index is 12.1. The topological polar surface area (TPSA) is 49.7 Å². The third-order valence-corrected chi connectivity index (χ3v) is 3.42. The van der Waals surface area contributed by atoms with Crippen molar-refractivity contribution in [3.63, 3.8) is 0 Å². The fourth-order valence-corrected chi connectivity index (χ4v) is 2.52. The second-order valence-corrected chi connectivity index (χ2v) is 4.82. The molecule has 0 aliphatic carbocycles. The summed E-state index contributed by atoms with van der Waals surface area (Å²) in [5.41, 5.74) is 3.37. The first-order valence-electron chi connectivity index (χ1n) is 6.70. The van der Waals surface area contributed by atoms with Crippen molar-refractivity contribution in [1.29, 1.82) is 0 Å². The Morgan fingerprint density at radius 2 is 1.86 bits per heavy atom. The van der Waals surface area contributed by atoms with Crippen LogP contribution in [0.2, 0.25) is 0 Å². The molecule has 4 nitrogen and oxygen atoms in total. The highest BCUT2D eigenvalue weighted by molar-refractivity contribution is 6.19. The van der Waals surface area contributed by atoms with Gasteiger partial charge in [-0.05, 0) is 17.2 Å². The van der Waals surface area contributed by atoms with Gasteiger partial charge >= 0.3 is 0 Å². The lowest BCUT2D eigenvalue weighted by Gasteiger charge is -2.20. The van der Waals surface area contributed by atoms with Crippen molar-refractivity contribution in [3.05, 3.63) is 54.1 Å². The number of carbonyl (C=O) groups is 2. The fraction of sp³-hybridized carbons (Fsp3) is 0.118. The molecule has 1 aliphatic heterocycles. The number of hydrogen-bond acceptors (Lipinski definition) is 3. The highest BCUT2D eigenvalue weighted by Gasteiger charge is 2.25. The first kappa shape index (κ1) is 13.2. The molecular weight excluding hydrogens is 264 g/mol. The Kier molecular flexibility index (Phi) is 3.36. The number of carbonyl (C=O) groups excluding carboxylic acids is 2. The van der Waals surface area contributed by atoms with Gasteiger partial charge in [-0.1, -0.05) is 42.5 Å². The fourth-order valence-electron chi connectivity index (χ4n) is 2.52. The van der Waals surface area contributed by atoms with E-state index in [0.29, 0.717) is 5.69 Å². The number of amides is 2. The molecule has 0 unspecified atom stereocenters. The summed E-state index contributed by atoms with van der Waals surface area (Å²) in [5.74, 6) is -0.598. The van der Waals surface area contributed by atoms with Crippen LogP contribution in [0, 0.1) is 0 Å². The third kappa shape index (κ3) is 2.36. The van der Waals surface area contributed by atoms with E-state index in [9.17, 15) is 9.59 Å². The van der Waals surface area contributed by atoms with Gasteiger partial charge in [0.15, 0.2) is 0 Å². The maximum atomic E-state index is 12.1. The van der Waals surface area contributed by atoms with Crippen LogP contribution in [0.1, 0.15) is 12.5 Å². The van der Waals surface area contributed by atoms with E-state index in [0.717, 1.165) is 16.7 Å². The number of rotatable bonds is 1. The van der Waals surface area contributed by atoms with E-state index in [1.54, 1.807) is 12.3 Å². The molecule has 2 aromatic rings. The number of fused-ring (bicyclic) bond motifs is 1. The zero-order valence-electron chi connectivity index (χ0n) is 11.6. The van der Waals surface area contributed by atoms with Gasteiger partial charge in [0.05, 0.1) is 5.69 Å². The SMILES string of the molecule is CC(=O)N1C(=O)CN=Cc2c(-c3ccccc3)cccc21. The van der Waals surface area contributed by atoms with Crippen molar-refractivity contribution in [2.45, 2.75) is 6.92 Å². The molecule has 0 saturated heterocycles. The molecular formula is C17H14N2O2. The molecule has 0 atom stereocenters. The van der Waals surface area contributed by atoms with Crippen LogP contribution in [0.4, 0.5) is 5.69 Å². The van der Waals surface area contributed by atoms with Gasteiger partial charge in [-0.15, -0.1) is 0 Å². The molecule has 1 heterocycles. The molecule has 0 radical (unpaired) electrons. The summed E-state index contributed by atoms with van der Waals surface area (Å²) < 4.78 is 0. The largest absolute Gasteiger partial charge is 0.282 e. The Morgan fingerprint density at radius 1 is 1.10 bits per heavy atom. The Bertz CT molecular complexity index is 736. The summed E-state index contributed by atoms with van der Waals surface area (Å²) in [6, 6.07) is 15.4. The van der Waals surface area contributed by atoms with Gasteiger partial charge in [0.1, 0.15) is 6.54 Å². The summed E-state index contributed by atoms with van der Waals surface area (Å²) in [5, 5.41) is 0. The Labute approximate surface area is 122 Å². The third-order valence-electron chi connectivity index (χ3n) is 3.42. The monoisotopic (exact) mass is 278 g/mol. The van der Waals surface area contributed by atoms with Gasteiger partial charge in [0, 0.05) is 18.7 Å². The number of benzodiazepines with no additional fused rings is 1. The van der Waals surface area contributed by atoms with Gasteiger partial charge in [0.2, 0.25) is 5.91 Å². The number of imide groups is 1. The summed E-state index contributed by atoms with van der Waals surface area (Å²) in [6.07, 6.45) is 1.68. The Morgan fingerprint density at radius 3 is 2.57 bits per heavy atom. The van der Waals surface area contributed by atoms with Crippen molar-refractivity contribution in [2.75, 3.05) is 11.4 Å². The number of benzene rings is 2. The molecule has 0 saturated carbocycles. The smallest absolute Gasteiger partial charge is 0.255 e. The van der Waals surface area contributed by atoms with Crippen LogP contribution in [0.3, 0.4) is 0 Å². The molecule has 4 heteroatoms. The number of anilines is 1. The van der Waals surface area contributed by atoms with E-state index in [1.165, 1.54) is 11.8 Å². The van der Waals surface area contributed by atoms with Gasteiger partial charge < -0.3 is 0 Å². The van der Waals surface area contributed by atoms with E-state index in [1.807, 2.05) is 42.5 Å². The molecule has 0 fully saturated rings. The highest BCUT2D eigenvalue weighted by atomic mass is 16.2. The quantitative estimate of drug-likeness (QED) is 0.805. The predicted octanol–water partition coefficient (Wildman–Crippen LogP) is 2.67. The second-order valence-electron chi connectivity index (χ2n) is 4.82. The van der Waals surface area contributed by atoms with E-state index in [-0.39, 0.29) is 18.4 Å². The molecule has 3 rings (SSSR count). The molecule has 21 heavy (non-hydrogen) atoms. The summed E-state index contributed by atoms with van der Waals surface area (Å²) >= 11 is 0. The van der Waals surface area contributed by atoms with Gasteiger partial charge in [-0.2, -0.15) is 0 Å². The van der Waals surface area contributed by atoms with Crippen LogP contribution >= 0.6 is 0 Å². The van der Waals surface area contributed by atoms with Gasteiger partial charge in [0.25, 0.3) is 5.91 Å². The molecule has 0 aromatic heterocycles. The lowest BCUT2D eigenvalue weighted by atomic mass is 9.98. The maximum Gasteiger partial charge on any atom is 0.255 e. The summed E-state index contributed by atoms with van der Waals surface area (Å²) in [7, 11) is 0. The second kappa shape index (κ2) is 5.32. The zero-order chi connectivity index (χ0) is 14.8. The lowest BCUT2D eigenvalue weighted by molar-refractivity contribution is -0.124. The average Bonchev–Trinajstić information content (AvgIpc) is 2.65. The summed E-state index contributed by atoms with van der Waals surface area (Å²) in [6.45, 7) is 1.38. The molecule has 0 spiro atoms. The number of nitrogens with zero attached hydrogens (tertiary/aromatic N) is 2. The van der Waals surface area contributed by atoms with Crippen LogP contribution in [-0.2, 0) is 9.59 Å². The lowest BCUT2D eigenvalue weighted by Crippen LogP contribution is -2.36. The van der Waals surface area contributed by atoms with Gasteiger partial charge in [-0.3, -0.25) is 14.6 Å². The van der Waals surface area contributed by atoms with Crippen molar-refractivity contribution < 1.29 is 9.59 Å². The van der Waals surface area contributed by atoms with E-state index in [4.69, 9.17) is 0 Å². The molecule has 1 aliphatic rings. The van der Waals surface area contributed by atoms with Crippen LogP contribution in [-0.4, -0.2) is 24.6 Å². The normalized spacial score (nSPS) is 13.8. The first-order chi connectivity index (χ1) is 10.2. The van der Waals surface area contributed by atoms with E-state index in [2.05, 4.69) is 4.99 Å². The van der Waals surface area contributed by atoms with Crippen LogP contribution in [0.15, 0.2) is 53.5 Å². The minimum Gasteiger partial charge on any atom is -0.282 e. The van der Waals surface area contributed by atoms with Crippen LogP contribution < -0.4 is 4.90 Å². The molecule has 2 amide bonds. The Hall–Kier alpha value is -2.75. The molecule has 2 aromatic carbocycles. The minimum atomic E-state index is -0.303. The number of hydrogen-bond donors (Lipinski definition) is 0. The van der Waals surface area contributed by atoms with E-state index >= 15 is 0 Å². The van der Waals surface area contributed by atoms with Crippen molar-refractivity contribution in [1.82, 2.24) is 0 Å². The molecule has 0 N–H and O–H groups in total. The van der Waals surface area contributed by atoms with Crippen molar-refractivity contribution in [3.8, 4) is 11.1 Å². The van der Waals surface area contributed by atoms with Crippen LogP contribution in [0.25, 0.3) is 11.1 Å². The van der Waals surface area contributed by atoms with Crippen molar-refractivity contribution in [2.24, 2.45) is 4.99 Å². The predicted molar refractivity (Wildman–Crippen MR) is 82.5 cm³/mol. The summed E-state index contributed by atoms with van der Waals surface area (Å²) in [4.78, 5) is 29.2. The number of aliphatic imine (C=N–C) groups is 1. The first-order valence-corrected chi connectivity index (χ1v) is 6.70. The van der Waals surface area contributed by atoms with Gasteiger partial charge in [-0.25, -0.2) is 4.90 Å². The highest BCUT2D eigenvalue weighted by Crippen LogP contribution is 2.31. The average molecular weight is 278 g/mol. The van der Waals surface area contributed by atoms with E-state index < -0.39 is 0 Å². The minimum absolute atomic E-state index is 0.0114. The standard InChI is InChI=1S/C17H14N2O2/c1-12(20)19-16-9-5-8-14(13-6-3-2-4-7-13)15(16)10-18-11-17(19)21/h2-10H,11H2,1H3. The molecule has 104 valence electrons. The Balaban J connectivity index is 2.24. The molecule has 0 bridgehead atoms. The van der Waals surface area contributed by atoms with Crippen LogP contribution in [0.5, 0.6) is 0 Å².